The normalized spacial score (nSPS) is 17.0. The molecule has 0 unspecified atom stereocenters. The first-order chi connectivity index (χ1) is 10.3. The number of piperazine rings is 1. The molecule has 1 aromatic carbocycles. The first-order valence-corrected chi connectivity index (χ1v) is 7.48. The molecule has 0 aliphatic carbocycles. The van der Waals surface area contributed by atoms with Gasteiger partial charge in [0, 0.05) is 44.6 Å². The lowest BCUT2D eigenvalue weighted by Gasteiger charge is -2.32. The van der Waals surface area contributed by atoms with Gasteiger partial charge in [0.2, 0.25) is 0 Å². The average molecular weight is 285 g/mol. The second kappa shape index (κ2) is 6.33. The second-order valence-electron chi connectivity index (χ2n) is 5.62. The van der Waals surface area contributed by atoms with Crippen molar-refractivity contribution in [2.75, 3.05) is 40.3 Å². The highest BCUT2D eigenvalue weighted by molar-refractivity contribution is 5.48. The summed E-state index contributed by atoms with van der Waals surface area (Å²) in [4.78, 5) is 4.90. The molecule has 0 amide bonds. The second-order valence-corrected chi connectivity index (χ2v) is 5.62. The van der Waals surface area contributed by atoms with Crippen molar-refractivity contribution < 1.29 is 4.74 Å². The fraction of sp³-hybridized carbons (Fsp3) is 0.412. The highest BCUT2D eigenvalue weighted by atomic mass is 16.5. The maximum Gasteiger partial charge on any atom is 0.142 e. The number of ether oxygens (including phenoxy) is 1. The SMILES string of the molecule is COc1ccccc1-n1cccc1CN1CCN(C)CC1. The van der Waals surface area contributed by atoms with Crippen LogP contribution in [0, 0.1) is 0 Å². The first kappa shape index (κ1) is 14.2. The van der Waals surface area contributed by atoms with Crippen molar-refractivity contribution in [2.24, 2.45) is 0 Å². The molecule has 1 aliphatic rings. The Balaban J connectivity index is 1.81. The van der Waals surface area contributed by atoms with Gasteiger partial charge < -0.3 is 14.2 Å². The lowest BCUT2D eigenvalue weighted by molar-refractivity contribution is 0.146. The van der Waals surface area contributed by atoms with E-state index in [2.05, 4.69) is 51.9 Å². The highest BCUT2D eigenvalue weighted by Crippen LogP contribution is 2.24. The summed E-state index contributed by atoms with van der Waals surface area (Å²) in [6.07, 6.45) is 2.11. The van der Waals surface area contributed by atoms with Crippen LogP contribution in [0.2, 0.25) is 0 Å². The standard InChI is InChI=1S/C17H23N3O/c1-18-10-12-19(13-11-18)14-15-6-5-9-20(15)16-7-3-4-8-17(16)21-2/h3-9H,10-14H2,1-2H3. The van der Waals surface area contributed by atoms with Gasteiger partial charge in [0.1, 0.15) is 5.75 Å². The molecule has 2 heterocycles. The number of hydrogen-bond acceptors (Lipinski definition) is 3. The molecule has 1 fully saturated rings. The van der Waals surface area contributed by atoms with Crippen molar-refractivity contribution >= 4 is 0 Å². The summed E-state index contributed by atoms with van der Waals surface area (Å²) >= 11 is 0. The molecule has 1 aliphatic heterocycles. The maximum atomic E-state index is 5.49. The van der Waals surface area contributed by atoms with E-state index in [1.807, 2.05) is 12.1 Å². The van der Waals surface area contributed by atoms with Crippen molar-refractivity contribution in [1.82, 2.24) is 14.4 Å². The summed E-state index contributed by atoms with van der Waals surface area (Å²) in [5, 5.41) is 0. The van der Waals surface area contributed by atoms with Crippen LogP contribution in [0.5, 0.6) is 5.75 Å². The Bertz CT molecular complexity index is 585. The van der Waals surface area contributed by atoms with Gasteiger partial charge in [0.15, 0.2) is 0 Å². The van der Waals surface area contributed by atoms with E-state index in [-0.39, 0.29) is 0 Å². The molecule has 0 bridgehead atoms. The molecule has 1 saturated heterocycles. The van der Waals surface area contributed by atoms with Gasteiger partial charge in [-0.1, -0.05) is 12.1 Å². The Hall–Kier alpha value is -1.78. The van der Waals surface area contributed by atoms with E-state index in [0.717, 1.165) is 44.2 Å². The van der Waals surface area contributed by atoms with E-state index in [9.17, 15) is 0 Å². The molecule has 0 saturated carbocycles. The molecule has 4 nitrogen and oxygen atoms in total. The summed E-state index contributed by atoms with van der Waals surface area (Å²) < 4.78 is 7.72. The van der Waals surface area contributed by atoms with E-state index < -0.39 is 0 Å². The number of para-hydroxylation sites is 2. The van der Waals surface area contributed by atoms with Crippen LogP contribution in [0.1, 0.15) is 5.69 Å². The summed E-state index contributed by atoms with van der Waals surface area (Å²) in [6, 6.07) is 12.5. The zero-order valence-corrected chi connectivity index (χ0v) is 12.8. The Morgan fingerprint density at radius 3 is 2.52 bits per heavy atom. The van der Waals surface area contributed by atoms with Gasteiger partial charge in [-0.05, 0) is 31.3 Å². The fourth-order valence-corrected chi connectivity index (χ4v) is 2.84. The number of benzene rings is 1. The smallest absolute Gasteiger partial charge is 0.142 e. The quantitative estimate of drug-likeness (QED) is 0.859. The zero-order chi connectivity index (χ0) is 14.7. The van der Waals surface area contributed by atoms with E-state index in [1.54, 1.807) is 7.11 Å². The van der Waals surface area contributed by atoms with Crippen molar-refractivity contribution in [3.05, 3.63) is 48.3 Å². The van der Waals surface area contributed by atoms with Gasteiger partial charge in [-0.15, -0.1) is 0 Å². The van der Waals surface area contributed by atoms with Crippen LogP contribution in [0.3, 0.4) is 0 Å². The summed E-state index contributed by atoms with van der Waals surface area (Å²) in [7, 11) is 3.91. The van der Waals surface area contributed by atoms with Gasteiger partial charge in [-0.2, -0.15) is 0 Å². The average Bonchev–Trinajstić information content (AvgIpc) is 2.97. The van der Waals surface area contributed by atoms with Gasteiger partial charge in [-0.3, -0.25) is 4.90 Å². The van der Waals surface area contributed by atoms with Gasteiger partial charge in [0.25, 0.3) is 0 Å². The number of likely N-dealkylation sites (N-methyl/N-ethyl adjacent to an activating group) is 1. The molecular formula is C17H23N3O. The Labute approximate surface area is 126 Å². The largest absolute Gasteiger partial charge is 0.495 e. The molecular weight excluding hydrogens is 262 g/mol. The summed E-state index contributed by atoms with van der Waals surface area (Å²) in [5.74, 6) is 0.910. The first-order valence-electron chi connectivity index (χ1n) is 7.48. The van der Waals surface area contributed by atoms with E-state index >= 15 is 0 Å². The molecule has 0 spiro atoms. The maximum absolute atomic E-state index is 5.49. The number of hydrogen-bond donors (Lipinski definition) is 0. The third-order valence-corrected chi connectivity index (χ3v) is 4.16. The van der Waals surface area contributed by atoms with Crippen LogP contribution < -0.4 is 4.74 Å². The van der Waals surface area contributed by atoms with Crippen LogP contribution >= 0.6 is 0 Å². The topological polar surface area (TPSA) is 20.6 Å². The van der Waals surface area contributed by atoms with Crippen LogP contribution in [0.15, 0.2) is 42.6 Å². The number of nitrogens with zero attached hydrogens (tertiary/aromatic N) is 3. The molecule has 1 aromatic heterocycles. The molecule has 2 aromatic rings. The highest BCUT2D eigenvalue weighted by Gasteiger charge is 2.16. The summed E-state index contributed by atoms with van der Waals surface area (Å²) in [5.41, 5.74) is 2.41. The van der Waals surface area contributed by atoms with Crippen molar-refractivity contribution in [2.45, 2.75) is 6.54 Å². The predicted octanol–water partition coefficient (Wildman–Crippen LogP) is 2.23. The van der Waals surface area contributed by atoms with Gasteiger partial charge in [-0.25, -0.2) is 0 Å². The van der Waals surface area contributed by atoms with Crippen molar-refractivity contribution in [3.8, 4) is 11.4 Å². The number of aromatic nitrogens is 1. The van der Waals surface area contributed by atoms with Crippen LogP contribution in [0.25, 0.3) is 5.69 Å². The van der Waals surface area contributed by atoms with Crippen molar-refractivity contribution in [3.63, 3.8) is 0 Å². The molecule has 4 heteroatoms. The van der Waals surface area contributed by atoms with Crippen LogP contribution in [-0.2, 0) is 6.54 Å². The van der Waals surface area contributed by atoms with Crippen molar-refractivity contribution in [1.29, 1.82) is 0 Å². The molecule has 3 rings (SSSR count). The Morgan fingerprint density at radius 1 is 1.00 bits per heavy atom. The van der Waals surface area contributed by atoms with E-state index in [1.165, 1.54) is 5.69 Å². The molecule has 0 N–H and O–H groups in total. The van der Waals surface area contributed by atoms with Gasteiger partial charge >= 0.3 is 0 Å². The van der Waals surface area contributed by atoms with E-state index in [0.29, 0.717) is 0 Å². The Kier molecular flexibility index (Phi) is 4.27. The number of rotatable bonds is 4. The third kappa shape index (κ3) is 3.12. The molecule has 0 radical (unpaired) electrons. The minimum atomic E-state index is 0.910. The molecule has 21 heavy (non-hydrogen) atoms. The van der Waals surface area contributed by atoms with Crippen LogP contribution in [0.4, 0.5) is 0 Å². The fourth-order valence-electron chi connectivity index (χ4n) is 2.84. The summed E-state index contributed by atoms with van der Waals surface area (Å²) in [6.45, 7) is 5.55. The zero-order valence-electron chi connectivity index (χ0n) is 12.8. The predicted molar refractivity (Wildman–Crippen MR) is 85.1 cm³/mol. The molecule has 0 atom stereocenters. The minimum absolute atomic E-state index is 0.910. The monoisotopic (exact) mass is 285 g/mol. The van der Waals surface area contributed by atoms with Crippen LogP contribution in [-0.4, -0.2) is 54.7 Å². The third-order valence-electron chi connectivity index (χ3n) is 4.16. The Morgan fingerprint density at radius 2 is 1.76 bits per heavy atom. The lowest BCUT2D eigenvalue weighted by Crippen LogP contribution is -2.44. The van der Waals surface area contributed by atoms with E-state index in [4.69, 9.17) is 4.74 Å². The minimum Gasteiger partial charge on any atom is -0.495 e. The number of methoxy groups -OCH3 is 1. The van der Waals surface area contributed by atoms with Gasteiger partial charge in [0.05, 0.1) is 12.8 Å². The lowest BCUT2D eigenvalue weighted by atomic mass is 10.2. The molecule has 112 valence electrons.